The van der Waals surface area contributed by atoms with Crippen molar-refractivity contribution in [2.24, 2.45) is 5.92 Å². The first kappa shape index (κ1) is 9.01. The summed E-state index contributed by atoms with van der Waals surface area (Å²) in [6, 6.07) is 0. The van der Waals surface area contributed by atoms with E-state index in [-0.39, 0.29) is 11.9 Å². The third-order valence-corrected chi connectivity index (χ3v) is 2.37. The molecule has 51 valence electrons. The van der Waals surface area contributed by atoms with E-state index in [1.807, 2.05) is 30.4 Å². The van der Waals surface area contributed by atoms with Crippen LogP contribution in [0.15, 0.2) is 0 Å². The average Bonchev–Trinajstić information content (AvgIpc) is 1.84. The third-order valence-electron chi connectivity index (χ3n) is 1.32. The zero-order valence-corrected chi connectivity index (χ0v) is 8.07. The Morgan fingerprint density at radius 3 is 2.11 bits per heavy atom. The summed E-state index contributed by atoms with van der Waals surface area (Å²) in [6.45, 7) is 3.87. The minimum absolute atomic E-state index is 0.0231. The van der Waals surface area contributed by atoms with Gasteiger partial charge in [0.25, 0.3) is 0 Å². The molecule has 2 nitrogen and oxygen atoms in total. The third kappa shape index (κ3) is 2.89. The Balaban J connectivity index is 3.72. The molecule has 0 aliphatic heterocycles. The SMILES string of the molecule is COC(=O)C(C)[CH](C)[Ge]. The zero-order valence-electron chi connectivity index (χ0n) is 5.97. The van der Waals surface area contributed by atoms with Gasteiger partial charge in [0.05, 0.1) is 0 Å². The van der Waals surface area contributed by atoms with Crippen molar-refractivity contribution in [1.82, 2.24) is 0 Å². The van der Waals surface area contributed by atoms with E-state index in [2.05, 4.69) is 4.74 Å². The normalized spacial score (nSPS) is 16.4. The van der Waals surface area contributed by atoms with Crippen LogP contribution < -0.4 is 0 Å². The van der Waals surface area contributed by atoms with E-state index in [9.17, 15) is 4.79 Å². The molecule has 0 spiro atoms. The van der Waals surface area contributed by atoms with E-state index >= 15 is 0 Å². The first-order valence-corrected chi connectivity index (χ1v) is 4.09. The molecule has 0 N–H and O–H groups in total. The van der Waals surface area contributed by atoms with Gasteiger partial charge in [0.1, 0.15) is 0 Å². The molecule has 0 aromatic carbocycles. The van der Waals surface area contributed by atoms with Crippen LogP contribution in [0.1, 0.15) is 13.8 Å². The van der Waals surface area contributed by atoms with Crippen molar-refractivity contribution in [1.29, 1.82) is 0 Å². The Labute approximate surface area is 64.2 Å². The van der Waals surface area contributed by atoms with Crippen molar-refractivity contribution in [2.45, 2.75) is 18.6 Å². The second-order valence-corrected chi connectivity index (χ2v) is 4.01. The second-order valence-electron chi connectivity index (χ2n) is 2.10. The fourth-order valence-corrected chi connectivity index (χ4v) is 0.676. The molecule has 2 atom stereocenters. The molecule has 0 aliphatic carbocycles. The molecule has 0 aromatic rings. The minimum atomic E-state index is -0.120. The van der Waals surface area contributed by atoms with Gasteiger partial charge in [0, 0.05) is 0 Å². The fraction of sp³-hybridized carbons (Fsp3) is 0.833. The molecule has 3 heteroatoms. The van der Waals surface area contributed by atoms with E-state index < -0.39 is 0 Å². The Bertz CT molecular complexity index is 101. The first-order chi connectivity index (χ1) is 4.09. The van der Waals surface area contributed by atoms with Crippen LogP contribution in [0.5, 0.6) is 0 Å². The summed E-state index contributed by atoms with van der Waals surface area (Å²) >= 11 is 2.00. The molecule has 0 saturated heterocycles. The van der Waals surface area contributed by atoms with E-state index in [0.717, 1.165) is 0 Å². The molecule has 0 fully saturated rings. The van der Waals surface area contributed by atoms with Crippen molar-refractivity contribution in [3.63, 3.8) is 0 Å². The van der Waals surface area contributed by atoms with Crippen LogP contribution >= 0.6 is 0 Å². The molecule has 0 aromatic heterocycles. The maximum absolute atomic E-state index is 10.7. The molecule has 0 bridgehead atoms. The van der Waals surface area contributed by atoms with Crippen LogP contribution in [0.4, 0.5) is 0 Å². The Morgan fingerprint density at radius 2 is 2.00 bits per heavy atom. The molecule has 0 saturated carbocycles. The van der Waals surface area contributed by atoms with Gasteiger partial charge < -0.3 is 0 Å². The van der Waals surface area contributed by atoms with E-state index in [1.54, 1.807) is 0 Å². The molecule has 2 unspecified atom stereocenters. The molecule has 3 radical (unpaired) electrons. The standard InChI is InChI=1S/C6H11GeO2/c1-4(5(2)7)6(8)9-3/h4-5H,1-3H3. The quantitative estimate of drug-likeness (QED) is 0.472. The number of ether oxygens (including phenoxy) is 1. The van der Waals surface area contributed by atoms with Gasteiger partial charge >= 0.3 is 63.6 Å². The topological polar surface area (TPSA) is 26.3 Å². The van der Waals surface area contributed by atoms with Gasteiger partial charge in [-0.1, -0.05) is 0 Å². The molecule has 0 amide bonds. The van der Waals surface area contributed by atoms with Crippen molar-refractivity contribution < 1.29 is 9.53 Å². The summed E-state index contributed by atoms with van der Waals surface area (Å²) in [6.07, 6.45) is 0. The number of hydrogen-bond donors (Lipinski definition) is 0. The Kier molecular flexibility index (Phi) is 3.94. The Hall–Kier alpha value is 0.0129. The molecule has 0 aliphatic rings. The Morgan fingerprint density at radius 1 is 1.56 bits per heavy atom. The van der Waals surface area contributed by atoms with Gasteiger partial charge in [-0.15, -0.1) is 0 Å². The van der Waals surface area contributed by atoms with Crippen LogP contribution in [0.3, 0.4) is 0 Å². The summed E-state index contributed by atoms with van der Waals surface area (Å²) in [5.41, 5.74) is 0. The number of rotatable bonds is 2. The summed E-state index contributed by atoms with van der Waals surface area (Å²) in [5, 5.41) is 0. The molecular formula is C6H11GeO2. The van der Waals surface area contributed by atoms with Crippen molar-refractivity contribution in [2.75, 3.05) is 7.11 Å². The molecule has 9 heavy (non-hydrogen) atoms. The predicted octanol–water partition coefficient (Wildman–Crippen LogP) is 0.772. The van der Waals surface area contributed by atoms with Gasteiger partial charge in [0.2, 0.25) is 0 Å². The summed E-state index contributed by atoms with van der Waals surface area (Å²) in [4.78, 5) is 10.7. The van der Waals surface area contributed by atoms with E-state index in [4.69, 9.17) is 0 Å². The van der Waals surface area contributed by atoms with E-state index in [1.165, 1.54) is 7.11 Å². The van der Waals surface area contributed by atoms with Gasteiger partial charge in [-0.25, -0.2) is 0 Å². The molecule has 0 rings (SSSR count). The monoisotopic (exact) mass is 189 g/mol. The fourth-order valence-electron chi connectivity index (χ4n) is 0.390. The van der Waals surface area contributed by atoms with Gasteiger partial charge in [0.15, 0.2) is 0 Å². The summed E-state index contributed by atoms with van der Waals surface area (Å²) < 4.78 is 4.91. The predicted molar refractivity (Wildman–Crippen MR) is 36.4 cm³/mol. The van der Waals surface area contributed by atoms with Gasteiger partial charge in [-0.3, -0.25) is 0 Å². The first-order valence-electron chi connectivity index (χ1n) is 2.88. The van der Waals surface area contributed by atoms with Crippen LogP contribution in [0.2, 0.25) is 4.75 Å². The summed E-state index contributed by atoms with van der Waals surface area (Å²) in [7, 11) is 1.42. The van der Waals surface area contributed by atoms with Crippen LogP contribution in [-0.4, -0.2) is 29.6 Å². The average molecular weight is 188 g/mol. The number of carbonyl (C=O) groups excluding carboxylic acids is 1. The maximum atomic E-state index is 10.7. The number of methoxy groups -OCH3 is 1. The molecular weight excluding hydrogens is 177 g/mol. The van der Waals surface area contributed by atoms with Crippen LogP contribution in [0.25, 0.3) is 0 Å². The van der Waals surface area contributed by atoms with Crippen LogP contribution in [0, 0.1) is 5.92 Å². The van der Waals surface area contributed by atoms with Crippen LogP contribution in [-0.2, 0) is 9.53 Å². The zero-order chi connectivity index (χ0) is 7.44. The second kappa shape index (κ2) is 3.93. The number of carbonyl (C=O) groups is 1. The summed E-state index contributed by atoms with van der Waals surface area (Å²) in [5.74, 6) is -0.0972. The molecule has 0 heterocycles. The van der Waals surface area contributed by atoms with E-state index in [0.29, 0.717) is 4.75 Å². The van der Waals surface area contributed by atoms with Crippen molar-refractivity contribution >= 4 is 22.5 Å². The number of hydrogen-bond acceptors (Lipinski definition) is 2. The van der Waals surface area contributed by atoms with Crippen molar-refractivity contribution in [3.05, 3.63) is 0 Å². The number of esters is 1. The van der Waals surface area contributed by atoms with Gasteiger partial charge in [-0.2, -0.15) is 0 Å². The van der Waals surface area contributed by atoms with Gasteiger partial charge in [-0.05, 0) is 0 Å². The van der Waals surface area contributed by atoms with Crippen molar-refractivity contribution in [3.8, 4) is 0 Å².